The van der Waals surface area contributed by atoms with E-state index in [0.717, 1.165) is 5.56 Å². The second-order valence-corrected chi connectivity index (χ2v) is 10.6. The summed E-state index contributed by atoms with van der Waals surface area (Å²) < 4.78 is 12.4. The van der Waals surface area contributed by atoms with E-state index < -0.39 is 23.4 Å². The summed E-state index contributed by atoms with van der Waals surface area (Å²) in [5.74, 6) is 0.363. The van der Waals surface area contributed by atoms with Gasteiger partial charge in [-0.05, 0) is 60.3 Å². The number of hydrogen-bond donors (Lipinski definition) is 2. The zero-order valence-corrected chi connectivity index (χ0v) is 21.3. The van der Waals surface area contributed by atoms with Crippen LogP contribution in [0.3, 0.4) is 0 Å². The molecular weight excluding hydrogens is 452 g/mol. The molecule has 1 aliphatic carbocycles. The average molecular weight is 489 g/mol. The van der Waals surface area contributed by atoms with Crippen LogP contribution < -0.4 is 10.2 Å². The Morgan fingerprint density at radius 1 is 1.11 bits per heavy atom. The highest BCUT2D eigenvalue weighted by atomic mass is 16.6. The first kappa shape index (κ1) is 26.4. The normalized spacial score (nSPS) is 18.6. The Hall–Kier alpha value is -3.21. The van der Waals surface area contributed by atoms with E-state index in [9.17, 15) is 14.7 Å². The largest absolute Gasteiger partial charge is 0.446 e. The number of aromatic nitrogens is 4. The van der Waals surface area contributed by atoms with E-state index >= 15 is 0 Å². The smallest absolute Gasteiger partial charge is 0.415 e. The third-order valence-corrected chi connectivity index (χ3v) is 5.41. The van der Waals surface area contributed by atoms with Crippen LogP contribution in [-0.4, -0.2) is 66.9 Å². The highest BCUT2D eigenvalue weighted by Crippen LogP contribution is 2.28. The minimum atomic E-state index is -1.16. The summed E-state index contributed by atoms with van der Waals surface area (Å²) in [5.41, 5.74) is -0.275. The molecule has 0 atom stereocenters. The second-order valence-electron chi connectivity index (χ2n) is 10.6. The van der Waals surface area contributed by atoms with Crippen molar-refractivity contribution in [3.05, 3.63) is 24.8 Å². The van der Waals surface area contributed by atoms with Crippen LogP contribution in [0, 0.1) is 0 Å². The van der Waals surface area contributed by atoms with Crippen molar-refractivity contribution in [3.63, 3.8) is 0 Å². The number of amides is 2. The second kappa shape index (κ2) is 10.6. The summed E-state index contributed by atoms with van der Waals surface area (Å²) in [5, 5.41) is 17.1. The number of alkyl carbamates (subject to hydrolysis) is 1. The minimum absolute atomic E-state index is 0.0469. The third-order valence-electron chi connectivity index (χ3n) is 5.41. The first-order valence-electron chi connectivity index (χ1n) is 11.8. The zero-order valence-electron chi connectivity index (χ0n) is 21.3. The molecule has 0 saturated heterocycles. The van der Waals surface area contributed by atoms with Gasteiger partial charge >= 0.3 is 12.2 Å². The number of aliphatic hydroxyl groups is 1. The summed E-state index contributed by atoms with van der Waals surface area (Å²) in [6, 6.07) is -0.242. The molecule has 0 radical (unpaired) electrons. The van der Waals surface area contributed by atoms with Gasteiger partial charge in [0, 0.05) is 30.9 Å². The molecule has 192 valence electrons. The molecule has 3 rings (SSSR count). The maximum absolute atomic E-state index is 13.1. The Morgan fingerprint density at radius 3 is 2.31 bits per heavy atom. The quantitative estimate of drug-likeness (QED) is 0.632. The highest BCUT2D eigenvalue weighted by Gasteiger charge is 2.34. The average Bonchev–Trinajstić information content (AvgIpc) is 3.18. The molecule has 2 aromatic rings. The van der Waals surface area contributed by atoms with Crippen LogP contribution in [0.15, 0.2) is 24.8 Å². The number of anilines is 1. The number of ether oxygens (including phenoxy) is 2. The number of carbonyl (C=O) groups is 2. The van der Waals surface area contributed by atoms with Crippen LogP contribution in [-0.2, 0) is 16.5 Å². The third kappa shape index (κ3) is 7.91. The molecule has 0 unspecified atom stereocenters. The summed E-state index contributed by atoms with van der Waals surface area (Å²) in [6.45, 7) is 8.45. The fourth-order valence-corrected chi connectivity index (χ4v) is 3.84. The SMILES string of the molecule is Cn1cc(-c2cnc(N(C(=O)OCC(C)(C)O)[C@H]3CC[C@H](NC(=O)OC(C)(C)C)CC3)cn2)cn1. The molecule has 2 heterocycles. The Balaban J connectivity index is 1.72. The van der Waals surface area contributed by atoms with Gasteiger partial charge in [-0.1, -0.05) is 0 Å². The molecule has 1 saturated carbocycles. The van der Waals surface area contributed by atoms with E-state index in [0.29, 0.717) is 37.2 Å². The van der Waals surface area contributed by atoms with E-state index in [1.165, 1.54) is 4.90 Å². The number of carbonyl (C=O) groups excluding carboxylic acids is 2. The van der Waals surface area contributed by atoms with Gasteiger partial charge < -0.3 is 19.9 Å². The summed E-state index contributed by atoms with van der Waals surface area (Å²) >= 11 is 0. The van der Waals surface area contributed by atoms with Crippen LogP contribution in [0.2, 0.25) is 0 Å². The number of nitrogens with one attached hydrogen (secondary N) is 1. The lowest BCUT2D eigenvalue weighted by atomic mass is 9.90. The maximum Gasteiger partial charge on any atom is 0.415 e. The summed E-state index contributed by atoms with van der Waals surface area (Å²) in [4.78, 5) is 35.7. The first-order chi connectivity index (χ1) is 16.3. The molecule has 2 N–H and O–H groups in total. The van der Waals surface area contributed by atoms with Crippen molar-refractivity contribution in [3.8, 4) is 11.3 Å². The topological polar surface area (TPSA) is 132 Å². The molecule has 0 aliphatic heterocycles. The zero-order chi connectivity index (χ0) is 25.8. The van der Waals surface area contributed by atoms with Crippen molar-refractivity contribution < 1.29 is 24.2 Å². The van der Waals surface area contributed by atoms with Crippen molar-refractivity contribution in [2.75, 3.05) is 11.5 Å². The monoisotopic (exact) mass is 488 g/mol. The summed E-state index contributed by atoms with van der Waals surface area (Å²) in [6.07, 6.45) is 8.21. The number of nitrogens with zero attached hydrogens (tertiary/aromatic N) is 5. The lowest BCUT2D eigenvalue weighted by molar-refractivity contribution is 0.00803. The highest BCUT2D eigenvalue weighted by molar-refractivity contribution is 5.87. The van der Waals surface area contributed by atoms with Crippen molar-refractivity contribution in [2.24, 2.45) is 7.05 Å². The first-order valence-corrected chi connectivity index (χ1v) is 11.8. The van der Waals surface area contributed by atoms with Gasteiger partial charge in [-0.3, -0.25) is 14.6 Å². The predicted molar refractivity (Wildman–Crippen MR) is 130 cm³/mol. The van der Waals surface area contributed by atoms with Crippen molar-refractivity contribution in [1.29, 1.82) is 0 Å². The fraction of sp³-hybridized carbons (Fsp3) is 0.625. The molecule has 0 aromatic carbocycles. The van der Waals surface area contributed by atoms with E-state index in [4.69, 9.17) is 9.47 Å². The maximum atomic E-state index is 13.1. The molecule has 1 aliphatic rings. The molecule has 1 fully saturated rings. The standard InChI is InChI=1S/C24H36N6O5/c1-23(2,3)35-21(31)28-17-7-9-18(10-8-17)30(22(32)34-15-24(4,5)33)20-13-25-19(12-26-20)16-11-27-29(6)14-16/h11-14,17-18,33H,7-10,15H2,1-6H3,(H,28,31)/t17-,18-. The van der Waals surface area contributed by atoms with Crippen LogP contribution in [0.1, 0.15) is 60.3 Å². The van der Waals surface area contributed by atoms with Gasteiger partial charge in [-0.15, -0.1) is 0 Å². The molecule has 11 heteroatoms. The van der Waals surface area contributed by atoms with Crippen molar-refractivity contribution in [2.45, 2.75) is 83.6 Å². The van der Waals surface area contributed by atoms with E-state index in [1.807, 2.05) is 34.0 Å². The Kier molecular flexibility index (Phi) is 7.99. The molecule has 2 aromatic heterocycles. The molecule has 0 spiro atoms. The van der Waals surface area contributed by atoms with Gasteiger partial charge in [0.1, 0.15) is 12.2 Å². The molecule has 2 amide bonds. The van der Waals surface area contributed by atoms with Crippen molar-refractivity contribution >= 4 is 18.0 Å². The van der Waals surface area contributed by atoms with Crippen molar-refractivity contribution in [1.82, 2.24) is 25.1 Å². The molecule has 35 heavy (non-hydrogen) atoms. The van der Waals surface area contributed by atoms with Crippen LogP contribution in [0.5, 0.6) is 0 Å². The Bertz CT molecular complexity index is 1000. The van der Waals surface area contributed by atoms with E-state index in [-0.39, 0.29) is 18.7 Å². The van der Waals surface area contributed by atoms with Crippen LogP contribution >= 0.6 is 0 Å². The van der Waals surface area contributed by atoms with E-state index in [2.05, 4.69) is 20.4 Å². The fourth-order valence-electron chi connectivity index (χ4n) is 3.84. The number of aryl methyl sites for hydroxylation is 1. The number of rotatable bonds is 6. The van der Waals surface area contributed by atoms with Gasteiger partial charge in [-0.2, -0.15) is 5.10 Å². The lowest BCUT2D eigenvalue weighted by Crippen LogP contribution is -2.48. The Morgan fingerprint density at radius 2 is 1.80 bits per heavy atom. The summed E-state index contributed by atoms with van der Waals surface area (Å²) in [7, 11) is 1.82. The predicted octanol–water partition coefficient (Wildman–Crippen LogP) is 3.43. The molecule has 0 bridgehead atoms. The van der Waals surface area contributed by atoms with Crippen LogP contribution in [0.25, 0.3) is 11.3 Å². The van der Waals surface area contributed by atoms with E-state index in [1.54, 1.807) is 37.1 Å². The minimum Gasteiger partial charge on any atom is -0.446 e. The number of hydrogen-bond acceptors (Lipinski definition) is 8. The van der Waals surface area contributed by atoms with Crippen LogP contribution in [0.4, 0.5) is 15.4 Å². The molecular formula is C24H36N6O5. The van der Waals surface area contributed by atoms with Gasteiger partial charge in [0.05, 0.1) is 29.9 Å². The molecule has 11 nitrogen and oxygen atoms in total. The van der Waals surface area contributed by atoms with Gasteiger partial charge in [0.2, 0.25) is 0 Å². The van der Waals surface area contributed by atoms with Gasteiger partial charge in [0.15, 0.2) is 5.82 Å². The van der Waals surface area contributed by atoms with Gasteiger partial charge in [-0.25, -0.2) is 14.6 Å². The Labute approximate surface area is 205 Å². The van der Waals surface area contributed by atoms with Gasteiger partial charge in [0.25, 0.3) is 0 Å². The lowest BCUT2D eigenvalue weighted by Gasteiger charge is -2.36.